The topological polar surface area (TPSA) is 73.3 Å². The first-order valence-electron chi connectivity index (χ1n) is 8.95. The molecule has 6 nitrogen and oxygen atoms in total. The van der Waals surface area contributed by atoms with Crippen molar-refractivity contribution < 1.29 is 14.3 Å². The smallest absolute Gasteiger partial charge is 0.220 e. The summed E-state index contributed by atoms with van der Waals surface area (Å²) in [6.45, 7) is 2.66. The molecule has 6 heteroatoms. The van der Waals surface area contributed by atoms with Crippen LogP contribution in [0.5, 0.6) is 11.5 Å². The van der Waals surface area contributed by atoms with Crippen molar-refractivity contribution in [2.75, 3.05) is 13.7 Å². The van der Waals surface area contributed by atoms with E-state index in [4.69, 9.17) is 9.47 Å². The molecule has 1 unspecified atom stereocenters. The van der Waals surface area contributed by atoms with E-state index >= 15 is 0 Å². The minimum atomic E-state index is -0.0916. The van der Waals surface area contributed by atoms with Gasteiger partial charge in [0.05, 0.1) is 18.8 Å². The minimum Gasteiger partial charge on any atom is -0.495 e. The fourth-order valence-electron chi connectivity index (χ4n) is 3.36. The highest BCUT2D eigenvalue weighted by Gasteiger charge is 2.28. The Hall–Kier alpha value is -3.15. The van der Waals surface area contributed by atoms with Gasteiger partial charge in [-0.25, -0.2) is 0 Å². The van der Waals surface area contributed by atoms with Gasteiger partial charge in [-0.2, -0.15) is 0 Å². The van der Waals surface area contributed by atoms with Crippen LogP contribution in [-0.2, 0) is 4.79 Å². The van der Waals surface area contributed by atoms with E-state index in [1.54, 1.807) is 25.7 Å². The normalized spacial score (nSPS) is 17.6. The van der Waals surface area contributed by atoms with Crippen LogP contribution in [0.15, 0.2) is 48.9 Å². The van der Waals surface area contributed by atoms with Crippen molar-refractivity contribution >= 4 is 16.8 Å². The van der Waals surface area contributed by atoms with Crippen LogP contribution in [0.2, 0.25) is 0 Å². The average molecular weight is 363 g/mol. The van der Waals surface area contributed by atoms with Crippen molar-refractivity contribution in [3.8, 4) is 22.6 Å². The van der Waals surface area contributed by atoms with E-state index in [1.807, 2.05) is 37.3 Å². The molecule has 138 valence electrons. The van der Waals surface area contributed by atoms with E-state index in [0.717, 1.165) is 27.8 Å². The number of ether oxygens (including phenoxy) is 2. The second-order valence-electron chi connectivity index (χ2n) is 6.75. The van der Waals surface area contributed by atoms with E-state index in [1.165, 1.54) is 0 Å². The monoisotopic (exact) mass is 363 g/mol. The zero-order chi connectivity index (χ0) is 18.8. The number of carbonyl (C=O) groups is 1. The Bertz CT molecular complexity index is 989. The third-order valence-corrected chi connectivity index (χ3v) is 4.95. The maximum absolute atomic E-state index is 11.5. The van der Waals surface area contributed by atoms with Gasteiger partial charge in [-0.15, -0.1) is 0 Å². The number of amides is 1. The van der Waals surface area contributed by atoms with Crippen LogP contribution in [0.1, 0.15) is 13.3 Å². The van der Waals surface area contributed by atoms with E-state index in [2.05, 4.69) is 15.3 Å². The summed E-state index contributed by atoms with van der Waals surface area (Å²) in [7, 11) is 1.62. The molecule has 4 rings (SSSR count). The molecule has 1 saturated heterocycles. The summed E-state index contributed by atoms with van der Waals surface area (Å²) in [6.07, 6.45) is 5.64. The van der Waals surface area contributed by atoms with Crippen molar-refractivity contribution in [2.24, 2.45) is 5.92 Å². The third-order valence-electron chi connectivity index (χ3n) is 4.95. The number of aromatic nitrogens is 2. The van der Waals surface area contributed by atoms with Crippen molar-refractivity contribution in [1.82, 2.24) is 15.3 Å². The van der Waals surface area contributed by atoms with Gasteiger partial charge in [0, 0.05) is 42.2 Å². The molecule has 1 fully saturated rings. The van der Waals surface area contributed by atoms with Crippen molar-refractivity contribution in [1.29, 1.82) is 0 Å². The van der Waals surface area contributed by atoms with Gasteiger partial charge in [-0.1, -0.05) is 0 Å². The number of carbonyl (C=O) groups excluding carboxylic acids is 1. The number of methoxy groups -OCH3 is 1. The molecule has 1 N–H and O–H groups in total. The summed E-state index contributed by atoms with van der Waals surface area (Å²) in [6, 6.07) is 9.85. The molecule has 1 aromatic carbocycles. The predicted molar refractivity (Wildman–Crippen MR) is 103 cm³/mol. The van der Waals surface area contributed by atoms with Gasteiger partial charge in [-0.3, -0.25) is 14.8 Å². The van der Waals surface area contributed by atoms with Crippen LogP contribution in [0.3, 0.4) is 0 Å². The maximum Gasteiger partial charge on any atom is 0.220 e. The second kappa shape index (κ2) is 7.23. The molecular formula is C21H21N3O3. The summed E-state index contributed by atoms with van der Waals surface area (Å²) >= 11 is 0. The summed E-state index contributed by atoms with van der Waals surface area (Å²) in [5.74, 6) is 1.69. The van der Waals surface area contributed by atoms with Crippen molar-refractivity contribution in [3.05, 3.63) is 48.9 Å². The minimum absolute atomic E-state index is 0.0816. The molecule has 0 radical (unpaired) electrons. The molecule has 27 heavy (non-hydrogen) atoms. The zero-order valence-corrected chi connectivity index (χ0v) is 15.3. The fourth-order valence-corrected chi connectivity index (χ4v) is 3.36. The molecule has 1 aliphatic rings. The molecule has 3 heterocycles. The Morgan fingerprint density at radius 3 is 2.89 bits per heavy atom. The SMILES string of the molecule is COc1cncc(-c2cc(O[C@H](C)C3CNC(=O)C3)c3cccnc3c2)c1. The van der Waals surface area contributed by atoms with Crippen molar-refractivity contribution in [3.63, 3.8) is 0 Å². The standard InChI is InChI=1S/C21H21N3O3/c1-13(15-9-21(25)24-11-15)27-20-8-14(7-19-18(20)4-3-5-23-19)16-6-17(26-2)12-22-10-16/h3-8,10,12-13,15H,9,11H2,1-2H3,(H,24,25)/t13-,15?/m1/s1. The third kappa shape index (κ3) is 3.56. The Morgan fingerprint density at radius 2 is 2.11 bits per heavy atom. The Morgan fingerprint density at radius 1 is 1.22 bits per heavy atom. The molecule has 0 spiro atoms. The van der Waals surface area contributed by atoms with E-state index in [-0.39, 0.29) is 17.9 Å². The van der Waals surface area contributed by atoms with E-state index in [0.29, 0.717) is 18.7 Å². The molecule has 3 aromatic rings. The van der Waals surface area contributed by atoms with Gasteiger partial charge in [0.15, 0.2) is 0 Å². The lowest BCUT2D eigenvalue weighted by Crippen LogP contribution is -2.25. The Kier molecular flexibility index (Phi) is 4.62. The van der Waals surface area contributed by atoms with E-state index in [9.17, 15) is 4.79 Å². The summed E-state index contributed by atoms with van der Waals surface area (Å²) < 4.78 is 11.6. The number of hydrogen-bond acceptors (Lipinski definition) is 5. The number of benzene rings is 1. The maximum atomic E-state index is 11.5. The Balaban J connectivity index is 1.73. The number of fused-ring (bicyclic) bond motifs is 1. The van der Waals surface area contributed by atoms with Crippen molar-refractivity contribution in [2.45, 2.75) is 19.4 Å². The lowest BCUT2D eigenvalue weighted by Gasteiger charge is -2.21. The van der Waals surface area contributed by atoms with Gasteiger partial charge in [-0.05, 0) is 42.8 Å². The number of nitrogens with zero attached hydrogens (tertiary/aromatic N) is 2. The number of hydrogen-bond donors (Lipinski definition) is 1. The molecule has 1 amide bonds. The molecule has 1 aliphatic heterocycles. The van der Waals surface area contributed by atoms with Gasteiger partial charge < -0.3 is 14.8 Å². The molecular weight excluding hydrogens is 342 g/mol. The molecule has 0 saturated carbocycles. The quantitative estimate of drug-likeness (QED) is 0.753. The lowest BCUT2D eigenvalue weighted by atomic mass is 10.0. The molecule has 2 atom stereocenters. The second-order valence-corrected chi connectivity index (χ2v) is 6.75. The van der Waals surface area contributed by atoms with Crippen LogP contribution in [0.25, 0.3) is 22.0 Å². The number of nitrogens with one attached hydrogen (secondary N) is 1. The van der Waals surface area contributed by atoms with Crippen LogP contribution >= 0.6 is 0 Å². The Labute approximate surface area is 157 Å². The highest BCUT2D eigenvalue weighted by Crippen LogP contribution is 2.34. The first-order valence-corrected chi connectivity index (χ1v) is 8.95. The van der Waals surface area contributed by atoms with Gasteiger partial charge in [0.1, 0.15) is 17.6 Å². The van der Waals surface area contributed by atoms with Crippen LogP contribution in [-0.4, -0.2) is 35.6 Å². The highest BCUT2D eigenvalue weighted by atomic mass is 16.5. The summed E-state index contributed by atoms with van der Waals surface area (Å²) in [5.41, 5.74) is 2.73. The number of rotatable bonds is 5. The first kappa shape index (κ1) is 17.3. The highest BCUT2D eigenvalue weighted by molar-refractivity contribution is 5.90. The van der Waals surface area contributed by atoms with Gasteiger partial charge >= 0.3 is 0 Å². The van der Waals surface area contributed by atoms with Crippen LogP contribution in [0.4, 0.5) is 0 Å². The predicted octanol–water partition coefficient (Wildman–Crippen LogP) is 3.21. The van der Waals surface area contributed by atoms with Gasteiger partial charge in [0.2, 0.25) is 5.91 Å². The van der Waals surface area contributed by atoms with Crippen LogP contribution < -0.4 is 14.8 Å². The van der Waals surface area contributed by atoms with Gasteiger partial charge in [0.25, 0.3) is 0 Å². The molecule has 0 bridgehead atoms. The molecule has 2 aromatic heterocycles. The zero-order valence-electron chi connectivity index (χ0n) is 15.3. The number of pyridine rings is 2. The largest absolute Gasteiger partial charge is 0.495 e. The van der Waals surface area contributed by atoms with E-state index < -0.39 is 0 Å². The average Bonchev–Trinajstić information content (AvgIpc) is 3.14. The van der Waals surface area contributed by atoms with Crippen LogP contribution in [0, 0.1) is 5.92 Å². The molecule has 0 aliphatic carbocycles. The fraction of sp³-hybridized carbons (Fsp3) is 0.286. The summed E-state index contributed by atoms with van der Waals surface area (Å²) in [5, 5.41) is 3.82. The summed E-state index contributed by atoms with van der Waals surface area (Å²) in [4.78, 5) is 20.3. The lowest BCUT2D eigenvalue weighted by molar-refractivity contribution is -0.119. The first-order chi connectivity index (χ1) is 13.1.